The maximum Gasteiger partial charge on any atom is 0.256 e. The summed E-state index contributed by atoms with van der Waals surface area (Å²) in [5, 5.41) is 0. The van der Waals surface area contributed by atoms with E-state index < -0.39 is 0 Å². The van der Waals surface area contributed by atoms with Crippen LogP contribution in [0, 0.1) is 5.41 Å². The molecule has 1 aliphatic rings. The highest BCUT2D eigenvalue weighted by Crippen LogP contribution is 2.36. The third kappa shape index (κ3) is 4.76. The van der Waals surface area contributed by atoms with E-state index in [1.165, 1.54) is 16.7 Å². The van der Waals surface area contributed by atoms with Crippen LogP contribution in [0.2, 0.25) is 0 Å². The average Bonchev–Trinajstić information content (AvgIpc) is 2.90. The van der Waals surface area contributed by atoms with Gasteiger partial charge in [-0.3, -0.25) is 14.8 Å². The number of amides is 1. The molecule has 4 heteroatoms. The fraction of sp³-hybridized carbons (Fsp3) is 0.233. The number of aromatic nitrogens is 2. The van der Waals surface area contributed by atoms with Crippen LogP contribution in [0.1, 0.15) is 35.7 Å². The number of hydrogen-bond donors (Lipinski definition) is 0. The van der Waals surface area contributed by atoms with Crippen LogP contribution in [-0.2, 0) is 6.42 Å². The first kappa shape index (κ1) is 22.0. The number of piperidine rings is 1. The molecule has 0 radical (unpaired) electrons. The molecule has 0 atom stereocenters. The summed E-state index contributed by atoms with van der Waals surface area (Å²) >= 11 is 0. The van der Waals surface area contributed by atoms with E-state index in [9.17, 15) is 4.79 Å². The summed E-state index contributed by atoms with van der Waals surface area (Å²) in [4.78, 5) is 24.0. The van der Waals surface area contributed by atoms with E-state index in [0.29, 0.717) is 5.56 Å². The van der Waals surface area contributed by atoms with Gasteiger partial charge < -0.3 is 4.90 Å². The fourth-order valence-corrected chi connectivity index (χ4v) is 4.85. The Morgan fingerprint density at radius 1 is 0.794 bits per heavy atom. The zero-order valence-corrected chi connectivity index (χ0v) is 19.5. The van der Waals surface area contributed by atoms with Crippen molar-refractivity contribution in [3.8, 4) is 22.4 Å². The second-order valence-corrected chi connectivity index (χ2v) is 9.48. The molecule has 1 aliphatic heterocycles. The second-order valence-electron chi connectivity index (χ2n) is 9.48. The Hall–Kier alpha value is -3.79. The molecule has 2 aromatic heterocycles. The minimum absolute atomic E-state index is 0.0641. The van der Waals surface area contributed by atoms with Crippen molar-refractivity contribution < 1.29 is 4.79 Å². The van der Waals surface area contributed by atoms with Crippen LogP contribution >= 0.6 is 0 Å². The maximum absolute atomic E-state index is 13.4. The first-order valence-corrected chi connectivity index (χ1v) is 11.9. The molecule has 4 aromatic rings. The highest BCUT2D eigenvalue weighted by Gasteiger charge is 2.33. The van der Waals surface area contributed by atoms with Gasteiger partial charge in [0.25, 0.3) is 5.91 Å². The highest BCUT2D eigenvalue weighted by atomic mass is 16.2. The van der Waals surface area contributed by atoms with Gasteiger partial charge in [-0.2, -0.15) is 0 Å². The second kappa shape index (κ2) is 9.60. The molecule has 1 amide bonds. The summed E-state index contributed by atoms with van der Waals surface area (Å²) in [6.45, 7) is 3.89. The Balaban J connectivity index is 1.25. The smallest absolute Gasteiger partial charge is 0.256 e. The van der Waals surface area contributed by atoms with Gasteiger partial charge in [-0.05, 0) is 65.6 Å². The molecular formula is C30H29N3O. The van der Waals surface area contributed by atoms with Crippen LogP contribution in [0.15, 0.2) is 97.5 Å². The lowest BCUT2D eigenvalue weighted by atomic mass is 9.75. The van der Waals surface area contributed by atoms with Gasteiger partial charge in [-0.1, -0.05) is 61.5 Å². The summed E-state index contributed by atoms with van der Waals surface area (Å²) < 4.78 is 0. The molecule has 0 aliphatic carbocycles. The molecule has 5 rings (SSSR count). The van der Waals surface area contributed by atoms with Crippen molar-refractivity contribution in [1.29, 1.82) is 0 Å². The molecule has 170 valence electrons. The Kier molecular flexibility index (Phi) is 6.22. The number of rotatable bonds is 5. The van der Waals surface area contributed by atoms with Crippen molar-refractivity contribution in [2.45, 2.75) is 26.2 Å². The molecule has 4 nitrogen and oxygen atoms in total. The Morgan fingerprint density at radius 3 is 2.18 bits per heavy atom. The molecule has 1 saturated heterocycles. The minimum Gasteiger partial charge on any atom is -0.339 e. The first-order valence-electron chi connectivity index (χ1n) is 11.9. The summed E-state index contributed by atoms with van der Waals surface area (Å²) in [6, 6.07) is 26.9. The van der Waals surface area contributed by atoms with Crippen molar-refractivity contribution in [3.63, 3.8) is 0 Å². The van der Waals surface area contributed by atoms with Crippen LogP contribution in [0.4, 0.5) is 0 Å². The Morgan fingerprint density at radius 2 is 1.47 bits per heavy atom. The fourth-order valence-electron chi connectivity index (χ4n) is 4.85. The van der Waals surface area contributed by atoms with Gasteiger partial charge in [0.1, 0.15) is 0 Å². The molecule has 34 heavy (non-hydrogen) atoms. The van der Waals surface area contributed by atoms with E-state index >= 15 is 0 Å². The maximum atomic E-state index is 13.4. The van der Waals surface area contributed by atoms with E-state index in [4.69, 9.17) is 0 Å². The van der Waals surface area contributed by atoms with Gasteiger partial charge in [0.05, 0.1) is 11.3 Å². The van der Waals surface area contributed by atoms with E-state index in [0.717, 1.165) is 43.6 Å². The number of benzene rings is 2. The van der Waals surface area contributed by atoms with E-state index in [-0.39, 0.29) is 11.3 Å². The van der Waals surface area contributed by atoms with Crippen molar-refractivity contribution in [2.24, 2.45) is 5.41 Å². The van der Waals surface area contributed by atoms with Gasteiger partial charge in [0.15, 0.2) is 0 Å². The quantitative estimate of drug-likeness (QED) is 0.361. The largest absolute Gasteiger partial charge is 0.339 e. The predicted molar refractivity (Wildman–Crippen MR) is 136 cm³/mol. The van der Waals surface area contributed by atoms with Crippen LogP contribution < -0.4 is 0 Å². The Labute approximate surface area is 201 Å². The monoisotopic (exact) mass is 447 g/mol. The van der Waals surface area contributed by atoms with Crippen LogP contribution in [0.3, 0.4) is 0 Å². The van der Waals surface area contributed by atoms with E-state index in [1.807, 2.05) is 35.2 Å². The molecular weight excluding hydrogens is 418 g/mol. The lowest BCUT2D eigenvalue weighted by molar-refractivity contribution is 0.0607. The van der Waals surface area contributed by atoms with Crippen LogP contribution in [0.5, 0.6) is 0 Å². The number of hydrogen-bond acceptors (Lipinski definition) is 3. The number of likely N-dealkylation sites (tertiary alicyclic amines) is 1. The Bertz CT molecular complexity index is 1250. The summed E-state index contributed by atoms with van der Waals surface area (Å²) in [7, 11) is 0. The normalized spacial score (nSPS) is 15.1. The van der Waals surface area contributed by atoms with Gasteiger partial charge in [0.2, 0.25) is 0 Å². The topological polar surface area (TPSA) is 46.1 Å². The molecule has 0 unspecified atom stereocenters. The molecule has 0 spiro atoms. The number of pyridine rings is 2. The van der Waals surface area contributed by atoms with E-state index in [2.05, 4.69) is 65.4 Å². The summed E-state index contributed by atoms with van der Waals surface area (Å²) in [5.74, 6) is 0.0641. The summed E-state index contributed by atoms with van der Waals surface area (Å²) in [5.41, 5.74) is 6.34. The molecule has 0 bridgehead atoms. The third-order valence-electron chi connectivity index (χ3n) is 6.94. The molecule has 0 N–H and O–H groups in total. The molecule has 2 aromatic carbocycles. The van der Waals surface area contributed by atoms with Crippen molar-refractivity contribution in [1.82, 2.24) is 14.9 Å². The van der Waals surface area contributed by atoms with Gasteiger partial charge in [-0.15, -0.1) is 0 Å². The van der Waals surface area contributed by atoms with Gasteiger partial charge in [-0.25, -0.2) is 0 Å². The van der Waals surface area contributed by atoms with E-state index in [1.54, 1.807) is 18.6 Å². The first-order chi connectivity index (χ1) is 16.6. The third-order valence-corrected chi connectivity index (χ3v) is 6.94. The number of carbonyl (C=O) groups is 1. The van der Waals surface area contributed by atoms with Gasteiger partial charge >= 0.3 is 0 Å². The SMILES string of the molecule is CC1(Cc2ccc(-c3ccccc3)cc2)CCN(C(=O)c2cccnc2-c2ccncc2)CC1. The van der Waals surface area contributed by atoms with Crippen LogP contribution in [0.25, 0.3) is 22.4 Å². The highest BCUT2D eigenvalue weighted by molar-refractivity contribution is 5.99. The standard InChI is InChI=1S/C30H29N3O/c1-30(22-23-9-11-25(12-10-23)24-6-3-2-4-7-24)15-20-33(21-16-30)29(34)27-8-5-17-32-28(27)26-13-18-31-19-14-26/h2-14,17-19H,15-16,20-22H2,1H3. The number of carbonyl (C=O) groups excluding carboxylic acids is 1. The lowest BCUT2D eigenvalue weighted by Crippen LogP contribution is -2.43. The zero-order valence-electron chi connectivity index (χ0n) is 19.5. The van der Waals surface area contributed by atoms with Crippen molar-refractivity contribution in [3.05, 3.63) is 109 Å². The lowest BCUT2D eigenvalue weighted by Gasteiger charge is -2.39. The molecule has 0 saturated carbocycles. The van der Waals surface area contributed by atoms with Gasteiger partial charge in [0, 0.05) is 37.2 Å². The predicted octanol–water partition coefficient (Wildman–Crippen LogP) is 6.30. The van der Waals surface area contributed by atoms with Crippen molar-refractivity contribution >= 4 is 5.91 Å². The molecule has 1 fully saturated rings. The zero-order chi connectivity index (χ0) is 23.4. The molecule has 3 heterocycles. The van der Waals surface area contributed by atoms with Crippen LogP contribution in [-0.4, -0.2) is 33.9 Å². The minimum atomic E-state index is 0.0641. The van der Waals surface area contributed by atoms with Crippen molar-refractivity contribution in [2.75, 3.05) is 13.1 Å². The average molecular weight is 448 g/mol. The summed E-state index contributed by atoms with van der Waals surface area (Å²) in [6.07, 6.45) is 8.21. The number of nitrogens with zero attached hydrogens (tertiary/aromatic N) is 3.